The van der Waals surface area contributed by atoms with Crippen molar-refractivity contribution in [3.63, 3.8) is 0 Å². The van der Waals surface area contributed by atoms with Crippen molar-refractivity contribution >= 4 is 33.5 Å². The van der Waals surface area contributed by atoms with Crippen LogP contribution in [0, 0.1) is 5.92 Å². The molecule has 0 saturated heterocycles. The normalized spacial score (nSPS) is 19.1. The fourth-order valence-corrected chi connectivity index (χ4v) is 3.30. The lowest BCUT2D eigenvalue weighted by molar-refractivity contribution is 0.485. The smallest absolute Gasteiger partial charge is 0.161 e. The molecule has 3 rings (SSSR count). The number of anilines is 1. The summed E-state index contributed by atoms with van der Waals surface area (Å²) in [5.41, 5.74) is 2.04. The number of hydrogen-bond acceptors (Lipinski definition) is 4. The van der Waals surface area contributed by atoms with E-state index in [0.717, 1.165) is 27.5 Å². The van der Waals surface area contributed by atoms with Gasteiger partial charge in [-0.05, 0) is 24.5 Å². The van der Waals surface area contributed by atoms with Gasteiger partial charge in [-0.1, -0.05) is 43.8 Å². The van der Waals surface area contributed by atoms with Crippen molar-refractivity contribution in [1.29, 1.82) is 0 Å². The molecule has 4 heteroatoms. The molecule has 0 spiro atoms. The number of hydrogen-bond donors (Lipinski definition) is 1. The quantitative estimate of drug-likeness (QED) is 0.900. The molecular weight excluding hydrogens is 266 g/mol. The number of nitrogens with one attached hydrogen (secondary N) is 1. The number of amidine groups is 1. The fourth-order valence-electron chi connectivity index (χ4n) is 2.34. The lowest BCUT2D eigenvalue weighted by Crippen LogP contribution is -2.23. The largest absolute Gasteiger partial charge is 0.334 e. The molecule has 1 aromatic carbocycles. The van der Waals surface area contributed by atoms with Gasteiger partial charge in [-0.15, -0.1) is 0 Å². The van der Waals surface area contributed by atoms with Crippen LogP contribution >= 0.6 is 11.8 Å². The summed E-state index contributed by atoms with van der Waals surface area (Å²) in [5.74, 6) is 1.73. The van der Waals surface area contributed by atoms with E-state index in [1.54, 1.807) is 11.8 Å². The maximum absolute atomic E-state index is 4.80. The minimum Gasteiger partial charge on any atom is -0.334 e. The molecule has 1 aliphatic rings. The van der Waals surface area contributed by atoms with E-state index < -0.39 is 0 Å². The molecule has 1 atom stereocenters. The summed E-state index contributed by atoms with van der Waals surface area (Å²) in [6, 6.07) is 10.7. The van der Waals surface area contributed by atoms with Crippen molar-refractivity contribution in [2.45, 2.75) is 26.3 Å². The molecule has 1 aromatic heterocycles. The van der Waals surface area contributed by atoms with E-state index in [0.29, 0.717) is 12.0 Å². The maximum Gasteiger partial charge on any atom is 0.161 e. The highest BCUT2D eigenvalue weighted by atomic mass is 32.2. The average Bonchev–Trinajstić information content (AvgIpc) is 2.47. The lowest BCUT2D eigenvalue weighted by atomic mass is 10.0. The number of fused-ring (bicyclic) bond motifs is 1. The number of aromatic nitrogens is 1. The Labute approximate surface area is 123 Å². The Morgan fingerprint density at radius 1 is 1.30 bits per heavy atom. The Bertz CT molecular complexity index is 636. The number of nitrogens with zero attached hydrogens (tertiary/aromatic N) is 2. The van der Waals surface area contributed by atoms with Crippen LogP contribution in [0.25, 0.3) is 10.9 Å². The summed E-state index contributed by atoms with van der Waals surface area (Å²) in [4.78, 5) is 9.27. The fraction of sp³-hybridized carbons (Fsp3) is 0.375. The first-order chi connectivity index (χ1) is 9.72. The van der Waals surface area contributed by atoms with Gasteiger partial charge < -0.3 is 5.32 Å². The summed E-state index contributed by atoms with van der Waals surface area (Å²) in [5, 5.41) is 5.58. The van der Waals surface area contributed by atoms with E-state index in [9.17, 15) is 0 Å². The first-order valence-electron chi connectivity index (χ1n) is 7.05. The SMILES string of the molecule is CC(C)C1CCSC(Nc2cnc3ccccc3c2)=N1. The zero-order chi connectivity index (χ0) is 13.9. The van der Waals surface area contributed by atoms with Crippen molar-refractivity contribution in [3.05, 3.63) is 36.5 Å². The summed E-state index contributed by atoms with van der Waals surface area (Å²) in [7, 11) is 0. The van der Waals surface area contributed by atoms with Crippen LogP contribution in [-0.2, 0) is 0 Å². The van der Waals surface area contributed by atoms with Gasteiger partial charge in [0.1, 0.15) is 0 Å². The second-order valence-corrected chi connectivity index (χ2v) is 6.51. The van der Waals surface area contributed by atoms with Crippen LogP contribution in [-0.4, -0.2) is 21.9 Å². The highest BCUT2D eigenvalue weighted by Crippen LogP contribution is 2.24. The third-order valence-electron chi connectivity index (χ3n) is 3.55. The van der Waals surface area contributed by atoms with Crippen molar-refractivity contribution in [2.24, 2.45) is 10.9 Å². The van der Waals surface area contributed by atoms with Crippen molar-refractivity contribution in [1.82, 2.24) is 4.98 Å². The molecule has 1 unspecified atom stereocenters. The van der Waals surface area contributed by atoms with Gasteiger partial charge in [0, 0.05) is 11.1 Å². The van der Waals surface area contributed by atoms with E-state index in [2.05, 4.69) is 36.3 Å². The van der Waals surface area contributed by atoms with Gasteiger partial charge in [-0.25, -0.2) is 0 Å². The van der Waals surface area contributed by atoms with Gasteiger partial charge in [0.2, 0.25) is 0 Å². The first-order valence-corrected chi connectivity index (χ1v) is 8.03. The number of pyridine rings is 1. The standard InChI is InChI=1S/C16H19N3S/c1-11(2)14-7-8-20-16(19-14)18-13-9-12-5-3-4-6-15(12)17-10-13/h3-6,9-11,14H,7-8H2,1-2H3,(H,18,19). The van der Waals surface area contributed by atoms with Crippen LogP contribution in [0.15, 0.2) is 41.5 Å². The van der Waals surface area contributed by atoms with Gasteiger partial charge in [0.25, 0.3) is 0 Å². The van der Waals surface area contributed by atoms with Crippen molar-refractivity contribution in [2.75, 3.05) is 11.1 Å². The zero-order valence-corrected chi connectivity index (χ0v) is 12.7. The number of benzene rings is 1. The average molecular weight is 285 g/mol. The predicted molar refractivity (Wildman–Crippen MR) is 88.5 cm³/mol. The van der Waals surface area contributed by atoms with Crippen LogP contribution in [0.4, 0.5) is 5.69 Å². The molecule has 0 amide bonds. The summed E-state index contributed by atoms with van der Waals surface area (Å²) in [6.07, 6.45) is 3.05. The van der Waals surface area contributed by atoms with Crippen molar-refractivity contribution in [3.8, 4) is 0 Å². The van der Waals surface area contributed by atoms with Gasteiger partial charge in [-0.3, -0.25) is 9.98 Å². The highest BCUT2D eigenvalue weighted by Gasteiger charge is 2.18. The monoisotopic (exact) mass is 285 g/mol. The van der Waals surface area contributed by atoms with Gasteiger partial charge in [-0.2, -0.15) is 0 Å². The summed E-state index contributed by atoms with van der Waals surface area (Å²) in [6.45, 7) is 4.47. The van der Waals surface area contributed by atoms with E-state index in [-0.39, 0.29) is 0 Å². The van der Waals surface area contributed by atoms with Crippen molar-refractivity contribution < 1.29 is 0 Å². The molecule has 0 fully saturated rings. The topological polar surface area (TPSA) is 37.3 Å². The lowest BCUT2D eigenvalue weighted by Gasteiger charge is -2.23. The van der Waals surface area contributed by atoms with Crippen LogP contribution in [0.5, 0.6) is 0 Å². The molecule has 1 aliphatic heterocycles. The molecule has 0 aliphatic carbocycles. The minimum absolute atomic E-state index is 0.437. The van der Waals surface area contributed by atoms with Gasteiger partial charge in [0.15, 0.2) is 5.17 Å². The van der Waals surface area contributed by atoms with Gasteiger partial charge in [0.05, 0.1) is 23.4 Å². The highest BCUT2D eigenvalue weighted by molar-refractivity contribution is 8.14. The van der Waals surface area contributed by atoms with E-state index in [4.69, 9.17) is 4.99 Å². The molecule has 0 bridgehead atoms. The number of aliphatic imine (C=N–C) groups is 1. The third kappa shape index (κ3) is 2.96. The van der Waals surface area contributed by atoms with E-state index in [1.165, 1.54) is 6.42 Å². The van der Waals surface area contributed by atoms with Gasteiger partial charge >= 0.3 is 0 Å². The van der Waals surface area contributed by atoms with E-state index >= 15 is 0 Å². The molecule has 3 nitrogen and oxygen atoms in total. The second-order valence-electron chi connectivity index (χ2n) is 5.42. The molecule has 2 heterocycles. The van der Waals surface area contributed by atoms with Crippen LogP contribution in [0.1, 0.15) is 20.3 Å². The molecular formula is C16H19N3S. The summed E-state index contributed by atoms with van der Waals surface area (Å²) >= 11 is 1.80. The molecule has 20 heavy (non-hydrogen) atoms. The molecule has 104 valence electrons. The molecule has 0 radical (unpaired) electrons. The Kier molecular flexibility index (Phi) is 3.92. The summed E-state index contributed by atoms with van der Waals surface area (Å²) < 4.78 is 0. The van der Waals surface area contributed by atoms with Crippen LogP contribution < -0.4 is 5.32 Å². The maximum atomic E-state index is 4.80. The predicted octanol–water partition coefficient (Wildman–Crippen LogP) is 4.16. The number of rotatable bonds is 2. The third-order valence-corrected chi connectivity index (χ3v) is 4.47. The number of thioether (sulfide) groups is 1. The van der Waals surface area contributed by atoms with Crippen LogP contribution in [0.3, 0.4) is 0 Å². The second kappa shape index (κ2) is 5.83. The Hall–Kier alpha value is -1.55. The molecule has 1 N–H and O–H groups in total. The first kappa shape index (κ1) is 13.4. The minimum atomic E-state index is 0.437. The number of para-hydroxylation sites is 1. The Morgan fingerprint density at radius 3 is 3.00 bits per heavy atom. The van der Waals surface area contributed by atoms with E-state index in [1.807, 2.05) is 24.4 Å². The zero-order valence-electron chi connectivity index (χ0n) is 11.8. The molecule has 0 saturated carbocycles. The molecule has 2 aromatic rings. The Balaban J connectivity index is 1.82. The Morgan fingerprint density at radius 2 is 2.15 bits per heavy atom. The van der Waals surface area contributed by atoms with Crippen LogP contribution in [0.2, 0.25) is 0 Å².